The van der Waals surface area contributed by atoms with Crippen LogP contribution < -0.4 is 5.32 Å². The number of hydrogen-bond donors (Lipinski definition) is 1. The van der Waals surface area contributed by atoms with E-state index in [9.17, 15) is 22.4 Å². The number of nitrogens with zero attached hydrogens (tertiary/aromatic N) is 2. The third kappa shape index (κ3) is 4.84. The Morgan fingerprint density at radius 3 is 2.58 bits per heavy atom. The highest BCUT2D eigenvalue weighted by Gasteiger charge is 2.23. The summed E-state index contributed by atoms with van der Waals surface area (Å²) in [5.41, 5.74) is 0.0550. The normalized spacial score (nSPS) is 11.4. The minimum atomic E-state index is -3.94. The molecular formula is C15H16FN3O5S2. The van der Waals surface area contributed by atoms with E-state index in [4.69, 9.17) is 4.74 Å². The van der Waals surface area contributed by atoms with Gasteiger partial charge in [-0.3, -0.25) is 4.79 Å². The summed E-state index contributed by atoms with van der Waals surface area (Å²) < 4.78 is 43.2. The van der Waals surface area contributed by atoms with E-state index in [0.717, 1.165) is 39.9 Å². The van der Waals surface area contributed by atoms with Crippen molar-refractivity contribution in [3.63, 3.8) is 0 Å². The Kier molecular flexibility index (Phi) is 6.40. The number of rotatable bonds is 7. The summed E-state index contributed by atoms with van der Waals surface area (Å²) in [5.74, 6) is -1.81. The van der Waals surface area contributed by atoms with Crippen molar-refractivity contribution in [3.05, 3.63) is 41.2 Å². The predicted octanol–water partition coefficient (Wildman–Crippen LogP) is 1.72. The Morgan fingerprint density at radius 1 is 1.31 bits per heavy atom. The number of carbonyl (C=O) groups excluding carboxylic acids is 2. The minimum Gasteiger partial charge on any atom is -0.461 e. The van der Waals surface area contributed by atoms with Crippen LogP contribution in [-0.4, -0.2) is 49.8 Å². The van der Waals surface area contributed by atoms with Crippen molar-refractivity contribution in [2.45, 2.75) is 11.8 Å². The van der Waals surface area contributed by atoms with Crippen LogP contribution in [0.1, 0.15) is 17.4 Å². The summed E-state index contributed by atoms with van der Waals surface area (Å²) >= 11 is 1.01. The van der Waals surface area contributed by atoms with Gasteiger partial charge in [0, 0.05) is 12.4 Å². The van der Waals surface area contributed by atoms with Gasteiger partial charge >= 0.3 is 5.97 Å². The number of nitrogens with one attached hydrogen (secondary N) is 1. The largest absolute Gasteiger partial charge is 0.461 e. The maximum Gasteiger partial charge on any atom is 0.357 e. The minimum absolute atomic E-state index is 0.0550. The van der Waals surface area contributed by atoms with Crippen molar-refractivity contribution in [1.29, 1.82) is 0 Å². The fraction of sp³-hybridized carbons (Fsp3) is 0.267. The molecule has 8 nitrogen and oxygen atoms in total. The Morgan fingerprint density at radius 2 is 1.96 bits per heavy atom. The molecule has 0 aliphatic rings. The Hall–Kier alpha value is -2.37. The molecule has 0 unspecified atom stereocenters. The number of likely N-dealkylation sites (N-methyl/N-ethyl adjacent to an activating group) is 1. The number of sulfonamides is 1. The lowest BCUT2D eigenvalue weighted by Gasteiger charge is -2.16. The topological polar surface area (TPSA) is 106 Å². The van der Waals surface area contributed by atoms with E-state index in [1.165, 1.54) is 12.4 Å². The average Bonchev–Trinajstić information content (AvgIpc) is 3.03. The molecule has 2 rings (SSSR count). The van der Waals surface area contributed by atoms with Gasteiger partial charge in [-0.1, -0.05) is 0 Å². The van der Waals surface area contributed by atoms with Crippen LogP contribution in [0.2, 0.25) is 0 Å². The molecule has 140 valence electrons. The quantitative estimate of drug-likeness (QED) is 0.708. The van der Waals surface area contributed by atoms with Crippen LogP contribution in [0.3, 0.4) is 0 Å². The van der Waals surface area contributed by atoms with Gasteiger partial charge in [0.05, 0.1) is 18.0 Å². The summed E-state index contributed by atoms with van der Waals surface area (Å²) in [6, 6.07) is 4.28. The molecule has 0 bridgehead atoms. The van der Waals surface area contributed by atoms with Crippen molar-refractivity contribution in [1.82, 2.24) is 9.29 Å². The zero-order valence-corrected chi connectivity index (χ0v) is 15.6. The molecule has 1 heterocycles. The molecular weight excluding hydrogens is 385 g/mol. The van der Waals surface area contributed by atoms with Crippen molar-refractivity contribution in [2.75, 3.05) is 25.5 Å². The number of ether oxygens (including phenoxy) is 1. The Bertz CT molecular complexity index is 896. The molecule has 0 atom stereocenters. The smallest absolute Gasteiger partial charge is 0.357 e. The average molecular weight is 401 g/mol. The molecule has 0 saturated heterocycles. The highest BCUT2D eigenvalue weighted by atomic mass is 32.2. The zero-order chi connectivity index (χ0) is 19.3. The van der Waals surface area contributed by atoms with Gasteiger partial charge in [-0.2, -0.15) is 4.31 Å². The fourth-order valence-electron chi connectivity index (χ4n) is 1.86. The Labute approximate surface area is 153 Å². The number of amides is 1. The highest BCUT2D eigenvalue weighted by Crippen LogP contribution is 2.17. The number of esters is 1. The SMILES string of the molecule is CCOC(=O)c1csc(NC(=O)CN(C)S(=O)(=O)c2ccc(F)cc2)n1. The number of anilines is 1. The molecule has 26 heavy (non-hydrogen) atoms. The second-order valence-electron chi connectivity index (χ2n) is 5.02. The van der Waals surface area contributed by atoms with Crippen LogP contribution in [0, 0.1) is 5.82 Å². The van der Waals surface area contributed by atoms with Gasteiger partial charge in [-0.15, -0.1) is 11.3 Å². The molecule has 0 saturated carbocycles. The van der Waals surface area contributed by atoms with E-state index in [1.807, 2.05) is 0 Å². The summed E-state index contributed by atoms with van der Waals surface area (Å²) in [5, 5.41) is 3.98. The van der Waals surface area contributed by atoms with Gasteiger partial charge in [0.2, 0.25) is 15.9 Å². The summed E-state index contributed by atoms with van der Waals surface area (Å²) in [6.07, 6.45) is 0. The monoisotopic (exact) mass is 401 g/mol. The van der Waals surface area contributed by atoms with Crippen molar-refractivity contribution in [3.8, 4) is 0 Å². The molecule has 1 aromatic carbocycles. The fourth-order valence-corrected chi connectivity index (χ4v) is 3.69. The van der Waals surface area contributed by atoms with Crippen LogP contribution in [0.25, 0.3) is 0 Å². The van der Waals surface area contributed by atoms with Crippen molar-refractivity contribution in [2.24, 2.45) is 0 Å². The maximum absolute atomic E-state index is 12.9. The lowest BCUT2D eigenvalue weighted by Crippen LogP contribution is -2.35. The van der Waals surface area contributed by atoms with E-state index in [0.29, 0.717) is 0 Å². The summed E-state index contributed by atoms with van der Waals surface area (Å²) in [4.78, 5) is 27.3. The van der Waals surface area contributed by atoms with Crippen LogP contribution in [0.5, 0.6) is 0 Å². The first-order chi connectivity index (χ1) is 12.2. The van der Waals surface area contributed by atoms with E-state index in [1.54, 1.807) is 6.92 Å². The second kappa shape index (κ2) is 8.34. The van der Waals surface area contributed by atoms with E-state index >= 15 is 0 Å². The van der Waals surface area contributed by atoms with Crippen LogP contribution in [0.4, 0.5) is 9.52 Å². The number of carbonyl (C=O) groups is 2. The van der Waals surface area contributed by atoms with Crippen LogP contribution >= 0.6 is 11.3 Å². The molecule has 0 radical (unpaired) electrons. The van der Waals surface area contributed by atoms with Gasteiger partial charge in [-0.05, 0) is 31.2 Å². The molecule has 1 aromatic heterocycles. The van der Waals surface area contributed by atoms with E-state index in [-0.39, 0.29) is 22.3 Å². The second-order valence-corrected chi connectivity index (χ2v) is 7.92. The molecule has 0 aliphatic carbocycles. The number of halogens is 1. The first-order valence-electron chi connectivity index (χ1n) is 7.38. The maximum atomic E-state index is 12.9. The standard InChI is InChI=1S/C15H16FN3O5S2/c1-3-24-14(21)12-9-25-15(17-12)18-13(20)8-19(2)26(22,23)11-6-4-10(16)5-7-11/h4-7,9H,3,8H2,1-2H3,(H,17,18,20). The highest BCUT2D eigenvalue weighted by molar-refractivity contribution is 7.89. The third-order valence-electron chi connectivity index (χ3n) is 3.12. The summed E-state index contributed by atoms with van der Waals surface area (Å²) in [7, 11) is -2.72. The number of thiazole rings is 1. The molecule has 0 aliphatic heterocycles. The molecule has 1 amide bonds. The van der Waals surface area contributed by atoms with Gasteiger partial charge in [-0.25, -0.2) is 22.6 Å². The van der Waals surface area contributed by atoms with E-state index < -0.39 is 34.3 Å². The third-order valence-corrected chi connectivity index (χ3v) is 5.70. The number of hydrogen-bond acceptors (Lipinski definition) is 7. The van der Waals surface area contributed by atoms with Crippen LogP contribution in [0.15, 0.2) is 34.5 Å². The van der Waals surface area contributed by atoms with Gasteiger partial charge in [0.1, 0.15) is 5.82 Å². The number of benzene rings is 1. The van der Waals surface area contributed by atoms with Crippen LogP contribution in [-0.2, 0) is 19.6 Å². The zero-order valence-electron chi connectivity index (χ0n) is 13.9. The molecule has 11 heteroatoms. The van der Waals surface area contributed by atoms with Gasteiger partial charge in [0.25, 0.3) is 0 Å². The lowest BCUT2D eigenvalue weighted by atomic mass is 10.4. The molecule has 0 fully saturated rings. The van der Waals surface area contributed by atoms with Crippen molar-refractivity contribution < 1.29 is 27.1 Å². The molecule has 2 aromatic rings. The van der Waals surface area contributed by atoms with E-state index in [2.05, 4.69) is 10.3 Å². The van der Waals surface area contributed by atoms with Crippen molar-refractivity contribution >= 4 is 38.4 Å². The molecule has 0 spiro atoms. The first-order valence-corrected chi connectivity index (χ1v) is 9.70. The van der Waals surface area contributed by atoms with Gasteiger partial charge < -0.3 is 10.1 Å². The Balaban J connectivity index is 2.00. The summed E-state index contributed by atoms with van der Waals surface area (Å²) in [6.45, 7) is 1.38. The number of aromatic nitrogens is 1. The molecule has 1 N–H and O–H groups in total. The first kappa shape index (κ1) is 19.9. The van der Waals surface area contributed by atoms with Gasteiger partial charge in [0.15, 0.2) is 10.8 Å². The lowest BCUT2D eigenvalue weighted by molar-refractivity contribution is -0.116. The predicted molar refractivity (Wildman–Crippen MR) is 92.9 cm³/mol.